The number of rotatable bonds is 1. The van der Waals surface area contributed by atoms with Crippen molar-refractivity contribution in [3.05, 3.63) is 12.2 Å². The molecule has 0 aromatic heterocycles. The molecule has 0 aliphatic heterocycles. The van der Waals surface area contributed by atoms with Gasteiger partial charge in [-0.25, -0.2) is 4.79 Å². The van der Waals surface area contributed by atoms with Gasteiger partial charge in [0.1, 0.15) is 5.54 Å². The molecule has 0 saturated carbocycles. The monoisotopic (exact) mass is 141 g/mol. The zero-order chi connectivity index (χ0) is 7.61. The molecule has 0 saturated heterocycles. The summed E-state index contributed by atoms with van der Waals surface area (Å²) in [5.41, 5.74) is 4.81. The maximum Gasteiger partial charge on any atom is 0.329 e. The van der Waals surface area contributed by atoms with Crippen molar-refractivity contribution in [2.45, 2.75) is 18.4 Å². The average molecular weight is 141 g/mol. The Balaban J connectivity index is 2.68. The average Bonchev–Trinajstić information content (AvgIpc) is 2.36. The lowest BCUT2D eigenvalue weighted by atomic mass is 10.0. The first-order valence-electron chi connectivity index (χ1n) is 3.24. The largest absolute Gasteiger partial charge is 0.467 e. The van der Waals surface area contributed by atoms with Crippen LogP contribution in [0.5, 0.6) is 0 Å². The molecule has 0 amide bonds. The van der Waals surface area contributed by atoms with Gasteiger partial charge in [-0.2, -0.15) is 0 Å². The van der Waals surface area contributed by atoms with Crippen molar-refractivity contribution in [2.24, 2.45) is 5.73 Å². The Hall–Kier alpha value is -0.830. The molecule has 1 aliphatic rings. The standard InChI is InChI=1S/C7H11NO2/c1-10-6(9)7(8)4-2-3-5-7/h2,4H,3,5,8H2,1H3/t7-/m1/s1. The first-order chi connectivity index (χ1) is 4.69. The van der Waals surface area contributed by atoms with E-state index in [-0.39, 0.29) is 5.97 Å². The van der Waals surface area contributed by atoms with Crippen LogP contribution in [0, 0.1) is 0 Å². The lowest BCUT2D eigenvalue weighted by molar-refractivity contribution is -0.145. The van der Waals surface area contributed by atoms with Crippen LogP contribution in [-0.2, 0) is 9.53 Å². The number of hydrogen-bond acceptors (Lipinski definition) is 3. The Labute approximate surface area is 59.8 Å². The summed E-state index contributed by atoms with van der Waals surface area (Å²) in [7, 11) is 1.35. The summed E-state index contributed by atoms with van der Waals surface area (Å²) in [6.45, 7) is 0. The third-order valence-electron chi connectivity index (χ3n) is 1.71. The summed E-state index contributed by atoms with van der Waals surface area (Å²) in [5.74, 6) is -0.346. The molecule has 1 aliphatic carbocycles. The van der Waals surface area contributed by atoms with Gasteiger partial charge in [0.05, 0.1) is 7.11 Å². The Morgan fingerprint density at radius 3 is 2.90 bits per heavy atom. The van der Waals surface area contributed by atoms with Crippen LogP contribution in [0.15, 0.2) is 12.2 Å². The van der Waals surface area contributed by atoms with Crippen LogP contribution in [0.25, 0.3) is 0 Å². The van der Waals surface area contributed by atoms with Crippen LogP contribution in [0.4, 0.5) is 0 Å². The van der Waals surface area contributed by atoms with Gasteiger partial charge in [-0.05, 0) is 12.8 Å². The number of allylic oxidation sites excluding steroid dienone is 1. The van der Waals surface area contributed by atoms with Crippen LogP contribution in [-0.4, -0.2) is 18.6 Å². The van der Waals surface area contributed by atoms with E-state index < -0.39 is 5.54 Å². The summed E-state index contributed by atoms with van der Waals surface area (Å²) in [4.78, 5) is 10.9. The number of nitrogens with two attached hydrogens (primary N) is 1. The molecule has 0 bridgehead atoms. The first-order valence-corrected chi connectivity index (χ1v) is 3.24. The van der Waals surface area contributed by atoms with Crippen molar-refractivity contribution in [2.75, 3.05) is 7.11 Å². The predicted molar refractivity (Wildman–Crippen MR) is 37.3 cm³/mol. The Kier molecular flexibility index (Phi) is 1.76. The normalized spacial score (nSPS) is 30.6. The minimum Gasteiger partial charge on any atom is -0.467 e. The molecule has 10 heavy (non-hydrogen) atoms. The number of esters is 1. The number of carbonyl (C=O) groups excluding carboxylic acids is 1. The highest BCUT2D eigenvalue weighted by atomic mass is 16.5. The number of hydrogen-bond donors (Lipinski definition) is 1. The van der Waals surface area contributed by atoms with E-state index in [2.05, 4.69) is 4.74 Å². The van der Waals surface area contributed by atoms with Crippen molar-refractivity contribution < 1.29 is 9.53 Å². The second-order valence-electron chi connectivity index (χ2n) is 2.47. The molecule has 0 fully saturated rings. The van der Waals surface area contributed by atoms with Gasteiger partial charge in [0.2, 0.25) is 0 Å². The van der Waals surface area contributed by atoms with Gasteiger partial charge in [-0.3, -0.25) is 0 Å². The molecule has 0 radical (unpaired) electrons. The minimum absolute atomic E-state index is 0.346. The fraction of sp³-hybridized carbons (Fsp3) is 0.571. The molecule has 2 N–H and O–H groups in total. The van der Waals surface area contributed by atoms with Gasteiger partial charge in [0.15, 0.2) is 0 Å². The van der Waals surface area contributed by atoms with E-state index in [4.69, 9.17) is 5.73 Å². The fourth-order valence-electron chi connectivity index (χ4n) is 1.06. The SMILES string of the molecule is COC(=O)[C@@]1(N)C=CCC1. The topological polar surface area (TPSA) is 52.3 Å². The molecule has 56 valence electrons. The molecule has 1 rings (SSSR count). The Bertz CT molecular complexity index is 176. The van der Waals surface area contributed by atoms with Crippen LogP contribution in [0.3, 0.4) is 0 Å². The van der Waals surface area contributed by atoms with Crippen LogP contribution >= 0.6 is 0 Å². The molecule has 0 aromatic carbocycles. The van der Waals surface area contributed by atoms with Crippen molar-refractivity contribution in [3.8, 4) is 0 Å². The van der Waals surface area contributed by atoms with E-state index in [1.165, 1.54) is 7.11 Å². The fourth-order valence-corrected chi connectivity index (χ4v) is 1.06. The zero-order valence-electron chi connectivity index (χ0n) is 5.96. The highest BCUT2D eigenvalue weighted by molar-refractivity contribution is 5.83. The molecule has 3 heteroatoms. The number of carbonyl (C=O) groups is 1. The van der Waals surface area contributed by atoms with E-state index in [1.807, 2.05) is 6.08 Å². The maximum atomic E-state index is 10.9. The molecule has 0 unspecified atom stereocenters. The van der Waals surface area contributed by atoms with E-state index in [0.29, 0.717) is 6.42 Å². The highest BCUT2D eigenvalue weighted by Crippen LogP contribution is 2.20. The lowest BCUT2D eigenvalue weighted by Gasteiger charge is -2.17. The van der Waals surface area contributed by atoms with E-state index >= 15 is 0 Å². The Morgan fingerprint density at radius 1 is 1.80 bits per heavy atom. The minimum atomic E-state index is -0.839. The van der Waals surface area contributed by atoms with E-state index in [1.54, 1.807) is 6.08 Å². The first kappa shape index (κ1) is 7.28. The van der Waals surface area contributed by atoms with Crippen molar-refractivity contribution in [3.63, 3.8) is 0 Å². The maximum absolute atomic E-state index is 10.9. The second-order valence-corrected chi connectivity index (χ2v) is 2.47. The molecule has 0 aromatic rings. The zero-order valence-corrected chi connectivity index (χ0v) is 5.96. The predicted octanol–water partition coefficient (Wildman–Crippen LogP) is 0.207. The van der Waals surface area contributed by atoms with Gasteiger partial charge >= 0.3 is 5.97 Å². The van der Waals surface area contributed by atoms with Crippen LogP contribution in [0.2, 0.25) is 0 Å². The van der Waals surface area contributed by atoms with Gasteiger partial charge in [0, 0.05) is 0 Å². The van der Waals surface area contributed by atoms with E-state index in [9.17, 15) is 4.79 Å². The molecule has 1 atom stereocenters. The van der Waals surface area contributed by atoms with Crippen LogP contribution in [0.1, 0.15) is 12.8 Å². The van der Waals surface area contributed by atoms with Gasteiger partial charge in [-0.15, -0.1) is 0 Å². The Morgan fingerprint density at radius 2 is 2.50 bits per heavy atom. The van der Waals surface area contributed by atoms with Crippen LogP contribution < -0.4 is 5.73 Å². The van der Waals surface area contributed by atoms with Crippen molar-refractivity contribution >= 4 is 5.97 Å². The summed E-state index contributed by atoms with van der Waals surface area (Å²) in [6, 6.07) is 0. The summed E-state index contributed by atoms with van der Waals surface area (Å²) in [5, 5.41) is 0. The van der Waals surface area contributed by atoms with E-state index in [0.717, 1.165) is 6.42 Å². The molecule has 0 spiro atoms. The summed E-state index contributed by atoms with van der Waals surface area (Å²) < 4.78 is 4.52. The lowest BCUT2D eigenvalue weighted by Crippen LogP contribution is -2.45. The smallest absolute Gasteiger partial charge is 0.329 e. The molecule has 3 nitrogen and oxygen atoms in total. The summed E-state index contributed by atoms with van der Waals surface area (Å²) >= 11 is 0. The van der Waals surface area contributed by atoms with Gasteiger partial charge < -0.3 is 10.5 Å². The van der Waals surface area contributed by atoms with Gasteiger partial charge in [0.25, 0.3) is 0 Å². The van der Waals surface area contributed by atoms with Gasteiger partial charge in [-0.1, -0.05) is 12.2 Å². The highest BCUT2D eigenvalue weighted by Gasteiger charge is 2.34. The second kappa shape index (κ2) is 2.42. The quantitative estimate of drug-likeness (QED) is 0.419. The van der Waals surface area contributed by atoms with Crippen molar-refractivity contribution in [1.82, 2.24) is 0 Å². The van der Waals surface area contributed by atoms with Crippen molar-refractivity contribution in [1.29, 1.82) is 0 Å². The number of methoxy groups -OCH3 is 1. The number of ether oxygens (including phenoxy) is 1. The molecule has 0 heterocycles. The third kappa shape index (κ3) is 1.04. The third-order valence-corrected chi connectivity index (χ3v) is 1.71. The molecular formula is C7H11NO2. The molecular weight excluding hydrogens is 130 g/mol. The summed E-state index contributed by atoms with van der Waals surface area (Å²) in [6.07, 6.45) is 5.14.